The maximum absolute atomic E-state index is 12.1. The highest BCUT2D eigenvalue weighted by Gasteiger charge is 2.48. The van der Waals surface area contributed by atoms with Gasteiger partial charge in [0.1, 0.15) is 5.54 Å². The zero-order valence-corrected chi connectivity index (χ0v) is 11.0. The minimum absolute atomic E-state index is 0.00616. The molecule has 1 atom stereocenters. The number of hydrogen-bond donors (Lipinski definition) is 1. The second-order valence-corrected chi connectivity index (χ2v) is 5.33. The zero-order chi connectivity index (χ0) is 13.1. The quantitative estimate of drug-likeness (QED) is 0.803. The standard InChI is InChI=1S/C13H23NO3/c1-4-6-13(12(16)17)7-5-8-14(13)11(15)9-10(2)3/h10H,4-9H2,1-3H3,(H,16,17). The Bertz CT molecular complexity index is 301. The van der Waals surface area contributed by atoms with Crippen molar-refractivity contribution in [3.63, 3.8) is 0 Å². The van der Waals surface area contributed by atoms with Crippen LogP contribution in [0.5, 0.6) is 0 Å². The lowest BCUT2D eigenvalue weighted by Gasteiger charge is -2.35. The van der Waals surface area contributed by atoms with Crippen LogP contribution in [0.1, 0.15) is 52.9 Å². The van der Waals surface area contributed by atoms with E-state index in [0.29, 0.717) is 25.8 Å². The number of carbonyl (C=O) groups is 2. The summed E-state index contributed by atoms with van der Waals surface area (Å²) in [6.45, 7) is 6.53. The van der Waals surface area contributed by atoms with Gasteiger partial charge in [0.05, 0.1) is 0 Å². The topological polar surface area (TPSA) is 57.6 Å². The second kappa shape index (κ2) is 5.52. The molecule has 0 saturated carbocycles. The Hall–Kier alpha value is -1.06. The van der Waals surface area contributed by atoms with Crippen LogP contribution in [0.15, 0.2) is 0 Å². The molecule has 1 rings (SSSR count). The minimum atomic E-state index is -0.930. The molecule has 0 aromatic rings. The fourth-order valence-electron chi connectivity index (χ4n) is 2.70. The molecule has 0 spiro atoms. The lowest BCUT2D eigenvalue weighted by atomic mass is 9.90. The monoisotopic (exact) mass is 241 g/mol. The van der Waals surface area contributed by atoms with E-state index in [1.54, 1.807) is 4.90 Å². The highest BCUT2D eigenvalue weighted by molar-refractivity contribution is 5.87. The first-order valence-corrected chi connectivity index (χ1v) is 6.48. The Morgan fingerprint density at radius 3 is 2.53 bits per heavy atom. The van der Waals surface area contributed by atoms with E-state index in [1.165, 1.54) is 0 Å². The number of carbonyl (C=O) groups excluding carboxylic acids is 1. The molecule has 0 radical (unpaired) electrons. The second-order valence-electron chi connectivity index (χ2n) is 5.33. The highest BCUT2D eigenvalue weighted by Crippen LogP contribution is 2.34. The molecule has 1 unspecified atom stereocenters. The van der Waals surface area contributed by atoms with Crippen molar-refractivity contribution < 1.29 is 14.7 Å². The molecule has 1 amide bonds. The lowest BCUT2D eigenvalue weighted by molar-refractivity contribution is -0.157. The molecular weight excluding hydrogens is 218 g/mol. The summed E-state index contributed by atoms with van der Waals surface area (Å²) in [6, 6.07) is 0. The number of carboxylic acid groups (broad SMARTS) is 1. The molecule has 0 aliphatic carbocycles. The summed E-state index contributed by atoms with van der Waals surface area (Å²) in [4.78, 5) is 25.2. The van der Waals surface area contributed by atoms with Gasteiger partial charge in [-0.15, -0.1) is 0 Å². The molecule has 1 fully saturated rings. The van der Waals surface area contributed by atoms with Crippen molar-refractivity contribution in [2.45, 2.75) is 58.4 Å². The Morgan fingerprint density at radius 1 is 1.41 bits per heavy atom. The van der Waals surface area contributed by atoms with E-state index in [2.05, 4.69) is 0 Å². The van der Waals surface area contributed by atoms with Gasteiger partial charge in [-0.2, -0.15) is 0 Å². The lowest BCUT2D eigenvalue weighted by Crippen LogP contribution is -2.53. The first kappa shape index (κ1) is 14.0. The first-order chi connectivity index (χ1) is 7.94. The Balaban J connectivity index is 2.88. The molecular formula is C13H23NO3. The molecule has 0 aromatic heterocycles. The van der Waals surface area contributed by atoms with Crippen molar-refractivity contribution in [2.75, 3.05) is 6.54 Å². The maximum atomic E-state index is 12.1. The fraction of sp³-hybridized carbons (Fsp3) is 0.846. The van der Waals surface area contributed by atoms with E-state index >= 15 is 0 Å². The van der Waals surface area contributed by atoms with Gasteiger partial charge >= 0.3 is 5.97 Å². The molecule has 1 heterocycles. The number of amides is 1. The molecule has 4 nitrogen and oxygen atoms in total. The van der Waals surface area contributed by atoms with Crippen molar-refractivity contribution in [1.29, 1.82) is 0 Å². The number of nitrogens with zero attached hydrogens (tertiary/aromatic N) is 1. The van der Waals surface area contributed by atoms with Crippen molar-refractivity contribution in [2.24, 2.45) is 5.92 Å². The van der Waals surface area contributed by atoms with Crippen molar-refractivity contribution in [1.82, 2.24) is 4.90 Å². The molecule has 0 aromatic carbocycles. The predicted octanol–water partition coefficient (Wildman–Crippen LogP) is 2.28. The average molecular weight is 241 g/mol. The third-order valence-electron chi connectivity index (χ3n) is 3.43. The summed E-state index contributed by atoms with van der Waals surface area (Å²) in [5.74, 6) is -0.571. The maximum Gasteiger partial charge on any atom is 0.329 e. The number of aliphatic carboxylic acids is 1. The average Bonchev–Trinajstić information content (AvgIpc) is 2.62. The Morgan fingerprint density at radius 2 is 2.06 bits per heavy atom. The van der Waals surface area contributed by atoms with Gasteiger partial charge < -0.3 is 10.0 Å². The summed E-state index contributed by atoms with van der Waals surface area (Å²) in [6.07, 6.45) is 3.19. The number of hydrogen-bond acceptors (Lipinski definition) is 2. The van der Waals surface area contributed by atoms with Crippen LogP contribution < -0.4 is 0 Å². The Labute approximate surface area is 103 Å². The molecule has 1 aliphatic rings. The SMILES string of the molecule is CCCC1(C(=O)O)CCCN1C(=O)CC(C)C. The van der Waals surface area contributed by atoms with Crippen LogP contribution in [0.25, 0.3) is 0 Å². The van der Waals surface area contributed by atoms with Crippen LogP contribution in [-0.2, 0) is 9.59 Å². The van der Waals surface area contributed by atoms with Crippen LogP contribution in [0, 0.1) is 5.92 Å². The zero-order valence-electron chi connectivity index (χ0n) is 11.0. The molecule has 1 saturated heterocycles. The van der Waals surface area contributed by atoms with E-state index in [9.17, 15) is 14.7 Å². The fourth-order valence-corrected chi connectivity index (χ4v) is 2.70. The highest BCUT2D eigenvalue weighted by atomic mass is 16.4. The van der Waals surface area contributed by atoms with Gasteiger partial charge in [0, 0.05) is 13.0 Å². The van der Waals surface area contributed by atoms with E-state index in [0.717, 1.165) is 12.8 Å². The number of carboxylic acids is 1. The van der Waals surface area contributed by atoms with Gasteiger partial charge in [-0.05, 0) is 25.2 Å². The van der Waals surface area contributed by atoms with E-state index in [-0.39, 0.29) is 11.8 Å². The van der Waals surface area contributed by atoms with Crippen molar-refractivity contribution in [3.05, 3.63) is 0 Å². The van der Waals surface area contributed by atoms with Crippen LogP contribution in [0.3, 0.4) is 0 Å². The largest absolute Gasteiger partial charge is 0.479 e. The molecule has 1 aliphatic heterocycles. The van der Waals surface area contributed by atoms with Gasteiger partial charge in [0.15, 0.2) is 0 Å². The Kier molecular flexibility index (Phi) is 4.54. The van der Waals surface area contributed by atoms with Gasteiger partial charge in [0.25, 0.3) is 0 Å². The summed E-state index contributed by atoms with van der Waals surface area (Å²) in [5, 5.41) is 9.45. The van der Waals surface area contributed by atoms with Crippen LogP contribution in [-0.4, -0.2) is 34.0 Å². The van der Waals surface area contributed by atoms with Gasteiger partial charge in [-0.1, -0.05) is 27.2 Å². The van der Waals surface area contributed by atoms with Gasteiger partial charge in [-0.3, -0.25) is 4.79 Å². The number of rotatable bonds is 5. The van der Waals surface area contributed by atoms with Crippen molar-refractivity contribution >= 4 is 11.9 Å². The predicted molar refractivity (Wildman–Crippen MR) is 65.7 cm³/mol. The van der Waals surface area contributed by atoms with Gasteiger partial charge in [-0.25, -0.2) is 4.79 Å². The van der Waals surface area contributed by atoms with Crippen LogP contribution in [0.2, 0.25) is 0 Å². The normalized spacial score (nSPS) is 24.4. The summed E-state index contributed by atoms with van der Waals surface area (Å²) < 4.78 is 0. The third kappa shape index (κ3) is 2.79. The van der Waals surface area contributed by atoms with Gasteiger partial charge in [0.2, 0.25) is 5.91 Å². The van der Waals surface area contributed by atoms with E-state index < -0.39 is 11.5 Å². The minimum Gasteiger partial charge on any atom is -0.479 e. The number of likely N-dealkylation sites (tertiary alicyclic amines) is 1. The molecule has 0 bridgehead atoms. The summed E-state index contributed by atoms with van der Waals surface area (Å²) in [7, 11) is 0. The third-order valence-corrected chi connectivity index (χ3v) is 3.43. The molecule has 98 valence electrons. The molecule has 1 N–H and O–H groups in total. The van der Waals surface area contributed by atoms with E-state index in [1.807, 2.05) is 20.8 Å². The van der Waals surface area contributed by atoms with Crippen LogP contribution in [0.4, 0.5) is 0 Å². The smallest absolute Gasteiger partial charge is 0.329 e. The first-order valence-electron chi connectivity index (χ1n) is 6.48. The van der Waals surface area contributed by atoms with Crippen molar-refractivity contribution in [3.8, 4) is 0 Å². The van der Waals surface area contributed by atoms with Crippen LogP contribution >= 0.6 is 0 Å². The molecule has 4 heteroatoms. The molecule has 17 heavy (non-hydrogen) atoms. The summed E-state index contributed by atoms with van der Waals surface area (Å²) >= 11 is 0. The summed E-state index contributed by atoms with van der Waals surface area (Å²) in [5.41, 5.74) is -0.930. The van der Waals surface area contributed by atoms with E-state index in [4.69, 9.17) is 0 Å².